The maximum absolute atomic E-state index is 13.2. The van der Waals surface area contributed by atoms with Gasteiger partial charge in [0.25, 0.3) is 0 Å². The largest absolute Gasteiger partial charge is 0.329 e. The first-order chi connectivity index (χ1) is 8.20. The van der Waals surface area contributed by atoms with Gasteiger partial charge in [0.15, 0.2) is 0 Å². The maximum Gasteiger partial charge on any atom is 0.123 e. The number of likely N-dealkylation sites (tertiary alicyclic amines) is 1. The molecule has 3 heteroatoms. The Morgan fingerprint density at radius 2 is 2.35 bits per heavy atom. The molecule has 1 aromatic rings. The smallest absolute Gasteiger partial charge is 0.123 e. The average Bonchev–Trinajstić information content (AvgIpc) is 2.30. The molecule has 0 aliphatic carbocycles. The third-order valence-electron chi connectivity index (χ3n) is 3.59. The van der Waals surface area contributed by atoms with Crippen molar-refractivity contribution < 1.29 is 4.39 Å². The lowest BCUT2D eigenvalue weighted by Crippen LogP contribution is -2.40. The minimum Gasteiger partial charge on any atom is -0.329 e. The fourth-order valence-electron chi connectivity index (χ4n) is 2.72. The van der Waals surface area contributed by atoms with Crippen molar-refractivity contribution in [2.24, 2.45) is 11.7 Å². The molecular weight excluding hydrogens is 215 g/mol. The van der Waals surface area contributed by atoms with Crippen molar-refractivity contribution in [2.45, 2.75) is 25.8 Å². The molecule has 0 amide bonds. The van der Waals surface area contributed by atoms with Crippen LogP contribution in [0.1, 0.15) is 31.4 Å². The van der Waals surface area contributed by atoms with Crippen LogP contribution in [-0.2, 0) is 0 Å². The molecular formula is C14H21FN2. The zero-order chi connectivity index (χ0) is 12.3. The number of piperidine rings is 1. The Balaban J connectivity index is 2.15. The number of nitrogens with two attached hydrogens (primary N) is 1. The molecule has 1 aliphatic heterocycles. The highest BCUT2D eigenvalue weighted by Gasteiger charge is 2.24. The Morgan fingerprint density at radius 1 is 1.53 bits per heavy atom. The van der Waals surface area contributed by atoms with Crippen molar-refractivity contribution in [3.8, 4) is 0 Å². The molecule has 0 aromatic heterocycles. The van der Waals surface area contributed by atoms with Gasteiger partial charge in [0.05, 0.1) is 0 Å². The lowest BCUT2D eigenvalue weighted by atomic mass is 9.96. The minimum atomic E-state index is -0.175. The van der Waals surface area contributed by atoms with E-state index in [1.165, 1.54) is 18.9 Å². The first kappa shape index (κ1) is 12.5. The number of halogens is 1. The molecule has 0 bridgehead atoms. The van der Waals surface area contributed by atoms with Gasteiger partial charge in [-0.1, -0.05) is 19.1 Å². The zero-order valence-corrected chi connectivity index (χ0v) is 10.4. The molecule has 94 valence electrons. The first-order valence-electron chi connectivity index (χ1n) is 6.40. The van der Waals surface area contributed by atoms with Gasteiger partial charge in [-0.2, -0.15) is 0 Å². The second kappa shape index (κ2) is 5.61. The normalized spacial score (nSPS) is 23.6. The van der Waals surface area contributed by atoms with Gasteiger partial charge in [-0.15, -0.1) is 0 Å². The number of nitrogens with zero attached hydrogens (tertiary/aromatic N) is 1. The van der Waals surface area contributed by atoms with Gasteiger partial charge in [-0.25, -0.2) is 4.39 Å². The third-order valence-corrected chi connectivity index (χ3v) is 3.59. The van der Waals surface area contributed by atoms with E-state index >= 15 is 0 Å². The van der Waals surface area contributed by atoms with Crippen molar-refractivity contribution in [1.82, 2.24) is 4.90 Å². The summed E-state index contributed by atoms with van der Waals surface area (Å²) >= 11 is 0. The van der Waals surface area contributed by atoms with Crippen LogP contribution in [-0.4, -0.2) is 24.5 Å². The van der Waals surface area contributed by atoms with Crippen molar-refractivity contribution in [2.75, 3.05) is 19.6 Å². The zero-order valence-electron chi connectivity index (χ0n) is 10.4. The molecule has 1 heterocycles. The summed E-state index contributed by atoms with van der Waals surface area (Å²) in [5.74, 6) is 0.539. The summed E-state index contributed by atoms with van der Waals surface area (Å²) in [5.41, 5.74) is 6.87. The van der Waals surface area contributed by atoms with Crippen LogP contribution >= 0.6 is 0 Å². The van der Waals surface area contributed by atoms with Crippen LogP contribution in [0, 0.1) is 11.7 Å². The summed E-state index contributed by atoms with van der Waals surface area (Å²) in [6, 6.07) is 6.99. The van der Waals surface area contributed by atoms with Gasteiger partial charge in [-0.3, -0.25) is 4.90 Å². The minimum absolute atomic E-state index is 0.161. The predicted octanol–water partition coefficient (Wildman–Crippen LogP) is 2.56. The van der Waals surface area contributed by atoms with Crippen LogP contribution in [0.25, 0.3) is 0 Å². The summed E-state index contributed by atoms with van der Waals surface area (Å²) in [5, 5.41) is 0. The van der Waals surface area contributed by atoms with E-state index in [1.54, 1.807) is 12.1 Å². The topological polar surface area (TPSA) is 29.3 Å². The lowest BCUT2D eigenvalue weighted by Gasteiger charge is -2.37. The summed E-state index contributed by atoms with van der Waals surface area (Å²) in [7, 11) is 0. The Hall–Kier alpha value is -0.930. The van der Waals surface area contributed by atoms with Crippen LogP contribution < -0.4 is 5.73 Å². The molecule has 0 radical (unpaired) electrons. The molecule has 1 aliphatic rings. The average molecular weight is 236 g/mol. The first-order valence-corrected chi connectivity index (χ1v) is 6.40. The number of rotatable bonds is 3. The van der Waals surface area contributed by atoms with E-state index in [9.17, 15) is 4.39 Å². The Bertz CT molecular complexity index is 367. The van der Waals surface area contributed by atoms with Crippen molar-refractivity contribution in [3.63, 3.8) is 0 Å². The molecule has 2 nitrogen and oxygen atoms in total. The summed E-state index contributed by atoms with van der Waals surface area (Å²) < 4.78 is 13.2. The maximum atomic E-state index is 13.2. The quantitative estimate of drug-likeness (QED) is 0.874. The number of hydrogen-bond donors (Lipinski definition) is 1. The monoisotopic (exact) mass is 236 g/mol. The van der Waals surface area contributed by atoms with Crippen LogP contribution in [0.2, 0.25) is 0 Å². The molecule has 1 fully saturated rings. The van der Waals surface area contributed by atoms with E-state index in [1.807, 2.05) is 6.07 Å². The van der Waals surface area contributed by atoms with Crippen molar-refractivity contribution in [3.05, 3.63) is 35.6 Å². The summed E-state index contributed by atoms with van der Waals surface area (Å²) in [6.07, 6.45) is 2.50. The SMILES string of the molecule is C[C@@H]1CCCN([C@H](CN)c2cccc(F)c2)C1. The standard InChI is InChI=1S/C14H21FN2/c1-11-4-3-7-17(10-11)14(9-16)12-5-2-6-13(15)8-12/h2,5-6,8,11,14H,3-4,7,9-10,16H2,1H3/t11-,14-/m1/s1. The van der Waals surface area contributed by atoms with Crippen LogP contribution in [0.4, 0.5) is 4.39 Å². The van der Waals surface area contributed by atoms with E-state index in [-0.39, 0.29) is 11.9 Å². The Morgan fingerprint density at radius 3 is 3.00 bits per heavy atom. The predicted molar refractivity (Wildman–Crippen MR) is 68.2 cm³/mol. The Kier molecular flexibility index (Phi) is 4.13. The highest BCUT2D eigenvalue weighted by molar-refractivity contribution is 5.20. The molecule has 17 heavy (non-hydrogen) atoms. The molecule has 2 atom stereocenters. The van der Waals surface area contributed by atoms with E-state index in [4.69, 9.17) is 5.73 Å². The highest BCUT2D eigenvalue weighted by atomic mass is 19.1. The van der Waals surface area contributed by atoms with Gasteiger partial charge in [0.2, 0.25) is 0 Å². The molecule has 0 spiro atoms. The molecule has 1 saturated heterocycles. The molecule has 2 rings (SSSR count). The summed E-state index contributed by atoms with van der Waals surface area (Å²) in [4.78, 5) is 2.39. The van der Waals surface area contributed by atoms with Crippen molar-refractivity contribution in [1.29, 1.82) is 0 Å². The van der Waals surface area contributed by atoms with Gasteiger partial charge in [0.1, 0.15) is 5.82 Å². The highest BCUT2D eigenvalue weighted by Crippen LogP contribution is 2.26. The van der Waals surface area contributed by atoms with Crippen molar-refractivity contribution >= 4 is 0 Å². The van der Waals surface area contributed by atoms with Gasteiger partial charge < -0.3 is 5.73 Å². The van der Waals surface area contributed by atoms with Crippen LogP contribution in [0.5, 0.6) is 0 Å². The second-order valence-electron chi connectivity index (χ2n) is 5.05. The third kappa shape index (κ3) is 3.05. The number of hydrogen-bond acceptors (Lipinski definition) is 2. The lowest BCUT2D eigenvalue weighted by molar-refractivity contribution is 0.133. The second-order valence-corrected chi connectivity index (χ2v) is 5.05. The fraction of sp³-hybridized carbons (Fsp3) is 0.571. The molecule has 0 unspecified atom stereocenters. The van der Waals surface area contributed by atoms with E-state index in [0.717, 1.165) is 18.7 Å². The Labute approximate surface area is 103 Å². The van der Waals surface area contributed by atoms with E-state index in [0.29, 0.717) is 12.5 Å². The van der Waals surface area contributed by atoms with Gasteiger partial charge in [-0.05, 0) is 43.0 Å². The molecule has 2 N–H and O–H groups in total. The van der Waals surface area contributed by atoms with E-state index in [2.05, 4.69) is 11.8 Å². The van der Waals surface area contributed by atoms with Gasteiger partial charge >= 0.3 is 0 Å². The fourth-order valence-corrected chi connectivity index (χ4v) is 2.72. The summed E-state index contributed by atoms with van der Waals surface area (Å²) in [6.45, 7) is 4.96. The molecule has 1 aromatic carbocycles. The van der Waals surface area contributed by atoms with Crippen LogP contribution in [0.3, 0.4) is 0 Å². The van der Waals surface area contributed by atoms with E-state index < -0.39 is 0 Å². The van der Waals surface area contributed by atoms with Gasteiger partial charge in [0, 0.05) is 19.1 Å². The molecule has 0 saturated carbocycles. The van der Waals surface area contributed by atoms with Crippen LogP contribution in [0.15, 0.2) is 24.3 Å². The number of benzene rings is 1.